The van der Waals surface area contributed by atoms with Crippen LogP contribution in [0, 0.1) is 0 Å². The highest BCUT2D eigenvalue weighted by molar-refractivity contribution is 5.69. The van der Waals surface area contributed by atoms with Gasteiger partial charge >= 0.3 is 6.09 Å². The maximum Gasteiger partial charge on any atom is 0.410 e. The van der Waals surface area contributed by atoms with Crippen LogP contribution in [0.3, 0.4) is 0 Å². The molecule has 17 heavy (non-hydrogen) atoms. The third-order valence-corrected chi connectivity index (χ3v) is 3.29. The van der Waals surface area contributed by atoms with Gasteiger partial charge in [-0.15, -0.1) is 0 Å². The predicted octanol–water partition coefficient (Wildman–Crippen LogP) is 3.02. The van der Waals surface area contributed by atoms with Gasteiger partial charge in [0.1, 0.15) is 6.10 Å². The summed E-state index contributed by atoms with van der Waals surface area (Å²) >= 11 is 0. The monoisotopic (exact) mass is 233 g/mol. The van der Waals surface area contributed by atoms with E-state index in [2.05, 4.69) is 12.1 Å². The van der Waals surface area contributed by atoms with E-state index in [0.717, 1.165) is 19.5 Å². The molecule has 1 aromatic carbocycles. The van der Waals surface area contributed by atoms with Gasteiger partial charge in [-0.1, -0.05) is 37.3 Å². The topological polar surface area (TPSA) is 29.5 Å². The molecule has 92 valence electrons. The van der Waals surface area contributed by atoms with Crippen LogP contribution in [-0.4, -0.2) is 30.2 Å². The summed E-state index contributed by atoms with van der Waals surface area (Å²) in [6, 6.07) is 10.3. The number of benzene rings is 1. The van der Waals surface area contributed by atoms with Crippen LogP contribution in [0.4, 0.5) is 4.79 Å². The van der Waals surface area contributed by atoms with Crippen LogP contribution in [0.5, 0.6) is 0 Å². The van der Waals surface area contributed by atoms with Gasteiger partial charge in [-0.2, -0.15) is 0 Å². The molecule has 3 heteroatoms. The number of ether oxygens (including phenoxy) is 1. The standard InChI is InChI=1S/C14H19NO2/c1-3-11(2)17-14(16)15-9-13(10-15)12-7-5-4-6-8-12/h4-8,11,13H,3,9-10H2,1-2H3. The average molecular weight is 233 g/mol. The van der Waals surface area contributed by atoms with Gasteiger partial charge in [0.05, 0.1) is 0 Å². The second kappa shape index (κ2) is 5.21. The summed E-state index contributed by atoms with van der Waals surface area (Å²) in [6.07, 6.45) is 0.701. The summed E-state index contributed by atoms with van der Waals surface area (Å²) in [7, 11) is 0. The number of rotatable bonds is 3. The summed E-state index contributed by atoms with van der Waals surface area (Å²) in [4.78, 5) is 13.4. The molecule has 2 rings (SSSR count). The van der Waals surface area contributed by atoms with Gasteiger partial charge in [0, 0.05) is 19.0 Å². The smallest absolute Gasteiger partial charge is 0.410 e. The molecule has 0 saturated carbocycles. The highest BCUT2D eigenvalue weighted by Crippen LogP contribution is 2.27. The summed E-state index contributed by atoms with van der Waals surface area (Å²) in [5, 5.41) is 0. The van der Waals surface area contributed by atoms with Crippen LogP contribution < -0.4 is 0 Å². The molecule has 0 spiro atoms. The van der Waals surface area contributed by atoms with Gasteiger partial charge in [-0.05, 0) is 18.9 Å². The minimum atomic E-state index is -0.175. The molecule has 0 radical (unpaired) electrons. The van der Waals surface area contributed by atoms with Crippen LogP contribution >= 0.6 is 0 Å². The minimum Gasteiger partial charge on any atom is -0.446 e. The Kier molecular flexibility index (Phi) is 3.67. The highest BCUT2D eigenvalue weighted by atomic mass is 16.6. The molecule has 1 saturated heterocycles. The van der Waals surface area contributed by atoms with Gasteiger partial charge < -0.3 is 9.64 Å². The van der Waals surface area contributed by atoms with Crippen LogP contribution in [0.1, 0.15) is 31.7 Å². The van der Waals surface area contributed by atoms with Crippen LogP contribution in [0.15, 0.2) is 30.3 Å². The van der Waals surface area contributed by atoms with Gasteiger partial charge in [0.25, 0.3) is 0 Å². The van der Waals surface area contributed by atoms with E-state index in [0.29, 0.717) is 5.92 Å². The van der Waals surface area contributed by atoms with E-state index in [1.807, 2.05) is 32.0 Å². The number of hydrogen-bond acceptors (Lipinski definition) is 2. The first-order valence-corrected chi connectivity index (χ1v) is 6.21. The molecule has 0 N–H and O–H groups in total. The van der Waals surface area contributed by atoms with Gasteiger partial charge in [-0.25, -0.2) is 4.79 Å². The van der Waals surface area contributed by atoms with Crippen molar-refractivity contribution in [3.63, 3.8) is 0 Å². The van der Waals surface area contributed by atoms with Gasteiger partial charge in [0.2, 0.25) is 0 Å². The van der Waals surface area contributed by atoms with E-state index in [-0.39, 0.29) is 12.2 Å². The van der Waals surface area contributed by atoms with Crippen molar-refractivity contribution in [1.82, 2.24) is 4.90 Å². The number of carbonyl (C=O) groups is 1. The quantitative estimate of drug-likeness (QED) is 0.803. The third-order valence-electron chi connectivity index (χ3n) is 3.29. The Bertz CT molecular complexity index is 371. The molecule has 1 heterocycles. The lowest BCUT2D eigenvalue weighted by molar-refractivity contribution is 0.0445. The number of hydrogen-bond donors (Lipinski definition) is 0. The maximum atomic E-state index is 11.7. The summed E-state index contributed by atoms with van der Waals surface area (Å²) in [5.74, 6) is 0.473. The van der Waals surface area contributed by atoms with Crippen LogP contribution in [0.2, 0.25) is 0 Å². The van der Waals surface area contributed by atoms with Crippen molar-refractivity contribution in [2.45, 2.75) is 32.3 Å². The van der Waals surface area contributed by atoms with Crippen molar-refractivity contribution in [3.8, 4) is 0 Å². The van der Waals surface area contributed by atoms with E-state index in [9.17, 15) is 4.79 Å². The molecular weight excluding hydrogens is 214 g/mol. The fourth-order valence-corrected chi connectivity index (χ4v) is 1.89. The molecule has 1 fully saturated rings. The summed E-state index contributed by atoms with van der Waals surface area (Å²) in [6.45, 7) is 5.49. The van der Waals surface area contributed by atoms with Gasteiger partial charge in [0.15, 0.2) is 0 Å². The number of carbonyl (C=O) groups excluding carboxylic acids is 1. The Morgan fingerprint density at radius 2 is 2.06 bits per heavy atom. The third kappa shape index (κ3) is 2.78. The lowest BCUT2D eigenvalue weighted by atomic mass is 9.92. The van der Waals surface area contributed by atoms with Crippen LogP contribution in [0.25, 0.3) is 0 Å². The van der Waals surface area contributed by atoms with Crippen molar-refractivity contribution in [2.75, 3.05) is 13.1 Å². The zero-order valence-electron chi connectivity index (χ0n) is 10.4. The zero-order chi connectivity index (χ0) is 12.3. The molecule has 1 unspecified atom stereocenters. The Hall–Kier alpha value is -1.51. The summed E-state index contributed by atoms with van der Waals surface area (Å²) < 4.78 is 5.27. The second-order valence-electron chi connectivity index (χ2n) is 4.62. The normalized spacial score (nSPS) is 17.4. The molecule has 0 aliphatic carbocycles. The van der Waals surface area contributed by atoms with E-state index in [1.165, 1.54) is 5.56 Å². The van der Waals surface area contributed by atoms with Gasteiger partial charge in [-0.3, -0.25) is 0 Å². The number of likely N-dealkylation sites (tertiary alicyclic amines) is 1. The first kappa shape index (κ1) is 12.0. The molecule has 3 nitrogen and oxygen atoms in total. The van der Waals surface area contributed by atoms with Crippen LogP contribution in [-0.2, 0) is 4.74 Å². The zero-order valence-corrected chi connectivity index (χ0v) is 10.4. The maximum absolute atomic E-state index is 11.7. The molecule has 1 aromatic rings. The van der Waals surface area contributed by atoms with E-state index >= 15 is 0 Å². The second-order valence-corrected chi connectivity index (χ2v) is 4.62. The highest BCUT2D eigenvalue weighted by Gasteiger charge is 2.32. The lowest BCUT2D eigenvalue weighted by Gasteiger charge is -2.39. The number of nitrogens with zero attached hydrogens (tertiary/aromatic N) is 1. The molecule has 1 aliphatic heterocycles. The SMILES string of the molecule is CCC(C)OC(=O)N1CC(c2ccccc2)C1. The van der Waals surface area contributed by atoms with Crippen molar-refractivity contribution >= 4 is 6.09 Å². The molecule has 1 aliphatic rings. The fraction of sp³-hybridized carbons (Fsp3) is 0.500. The van der Waals surface area contributed by atoms with E-state index in [4.69, 9.17) is 4.74 Å². The molecule has 0 aromatic heterocycles. The Morgan fingerprint density at radius 1 is 1.41 bits per heavy atom. The summed E-state index contributed by atoms with van der Waals surface area (Å²) in [5.41, 5.74) is 1.31. The van der Waals surface area contributed by atoms with E-state index < -0.39 is 0 Å². The first-order chi connectivity index (χ1) is 8.20. The van der Waals surface area contributed by atoms with Crippen molar-refractivity contribution in [1.29, 1.82) is 0 Å². The van der Waals surface area contributed by atoms with E-state index in [1.54, 1.807) is 4.90 Å². The van der Waals surface area contributed by atoms with Crippen molar-refractivity contribution < 1.29 is 9.53 Å². The molecule has 1 atom stereocenters. The number of amides is 1. The van der Waals surface area contributed by atoms with Crippen molar-refractivity contribution in [2.24, 2.45) is 0 Å². The first-order valence-electron chi connectivity index (χ1n) is 6.21. The molecular formula is C14H19NO2. The molecule has 0 bridgehead atoms. The minimum absolute atomic E-state index is 0.0123. The molecule has 1 amide bonds. The average Bonchev–Trinajstić information content (AvgIpc) is 2.28. The Balaban J connectivity index is 1.81. The fourth-order valence-electron chi connectivity index (χ4n) is 1.89. The van der Waals surface area contributed by atoms with Crippen molar-refractivity contribution in [3.05, 3.63) is 35.9 Å². The Morgan fingerprint density at radius 3 is 2.65 bits per heavy atom. The lowest BCUT2D eigenvalue weighted by Crippen LogP contribution is -2.49. The largest absolute Gasteiger partial charge is 0.446 e. The predicted molar refractivity (Wildman–Crippen MR) is 67.0 cm³/mol. The Labute approximate surface area is 102 Å².